The van der Waals surface area contributed by atoms with Crippen molar-refractivity contribution in [3.8, 4) is 0 Å². The van der Waals surface area contributed by atoms with Gasteiger partial charge in [0.2, 0.25) is 0 Å². The van der Waals surface area contributed by atoms with Crippen molar-refractivity contribution >= 4 is 11.9 Å². The number of ether oxygens (including phenoxy) is 2. The summed E-state index contributed by atoms with van der Waals surface area (Å²) in [5, 5.41) is 0. The number of amides is 3. The highest BCUT2D eigenvalue weighted by Gasteiger charge is 2.56. The normalized spacial score (nSPS) is 26.8. The number of likely N-dealkylation sites (tertiary alicyclic amines) is 1. The standard InChI is InChI=1S/C21H28N4O4/c26-19(17-4-2-1-3-5-17)23-12-18-13-29-11-8-25(18)21(14-23)15-24(16-21)20(27)22-6-9-28-10-7-22/h1-5,18H,6-16H2. The maximum Gasteiger partial charge on any atom is 0.320 e. The van der Waals surface area contributed by atoms with E-state index in [4.69, 9.17) is 9.47 Å². The number of benzene rings is 1. The van der Waals surface area contributed by atoms with Gasteiger partial charge in [0.25, 0.3) is 5.91 Å². The maximum absolute atomic E-state index is 13.1. The monoisotopic (exact) mass is 400 g/mol. The van der Waals surface area contributed by atoms with Crippen molar-refractivity contribution in [1.29, 1.82) is 0 Å². The number of morpholine rings is 2. The van der Waals surface area contributed by atoms with Crippen LogP contribution < -0.4 is 0 Å². The van der Waals surface area contributed by atoms with Gasteiger partial charge in [-0.1, -0.05) is 18.2 Å². The first kappa shape index (κ1) is 18.8. The third-order valence-corrected chi connectivity index (χ3v) is 6.58. The summed E-state index contributed by atoms with van der Waals surface area (Å²) in [7, 11) is 0. The first-order valence-electron chi connectivity index (χ1n) is 10.5. The van der Waals surface area contributed by atoms with Gasteiger partial charge in [-0.05, 0) is 12.1 Å². The first-order chi connectivity index (χ1) is 14.2. The van der Waals surface area contributed by atoms with Crippen molar-refractivity contribution in [3.05, 3.63) is 35.9 Å². The quantitative estimate of drug-likeness (QED) is 0.681. The van der Waals surface area contributed by atoms with Crippen molar-refractivity contribution in [3.63, 3.8) is 0 Å². The van der Waals surface area contributed by atoms with Crippen molar-refractivity contribution in [2.45, 2.75) is 11.6 Å². The van der Waals surface area contributed by atoms with Gasteiger partial charge in [0.05, 0.1) is 38.0 Å². The van der Waals surface area contributed by atoms with Crippen LogP contribution in [0.25, 0.3) is 0 Å². The number of rotatable bonds is 1. The third kappa shape index (κ3) is 3.39. The van der Waals surface area contributed by atoms with E-state index in [1.807, 2.05) is 45.0 Å². The number of fused-ring (bicyclic) bond motifs is 2. The van der Waals surface area contributed by atoms with Crippen LogP contribution in [0.1, 0.15) is 10.4 Å². The molecule has 4 fully saturated rings. The van der Waals surface area contributed by atoms with Gasteiger partial charge >= 0.3 is 6.03 Å². The molecule has 4 heterocycles. The van der Waals surface area contributed by atoms with Crippen LogP contribution in [-0.4, -0.2) is 115 Å². The Bertz CT molecular complexity index is 761. The molecule has 3 amide bonds. The van der Waals surface area contributed by atoms with Crippen LogP contribution in [0.2, 0.25) is 0 Å². The Morgan fingerprint density at radius 2 is 1.55 bits per heavy atom. The fraction of sp³-hybridized carbons (Fsp3) is 0.619. The maximum atomic E-state index is 13.1. The molecule has 29 heavy (non-hydrogen) atoms. The topological polar surface area (TPSA) is 65.6 Å². The summed E-state index contributed by atoms with van der Waals surface area (Å²) in [6.07, 6.45) is 0. The second-order valence-corrected chi connectivity index (χ2v) is 8.44. The summed E-state index contributed by atoms with van der Waals surface area (Å²) in [6, 6.07) is 9.74. The molecule has 4 aliphatic heterocycles. The van der Waals surface area contributed by atoms with Crippen LogP contribution in [0.4, 0.5) is 4.79 Å². The zero-order chi connectivity index (χ0) is 19.8. The number of nitrogens with zero attached hydrogens (tertiary/aromatic N) is 4. The number of urea groups is 1. The molecule has 1 spiro atoms. The third-order valence-electron chi connectivity index (χ3n) is 6.58. The van der Waals surface area contributed by atoms with Gasteiger partial charge in [0.15, 0.2) is 0 Å². The minimum absolute atomic E-state index is 0.0631. The Kier molecular flexibility index (Phi) is 4.93. The summed E-state index contributed by atoms with van der Waals surface area (Å²) in [5.41, 5.74) is 0.549. The van der Waals surface area contributed by atoms with Crippen molar-refractivity contribution in [2.24, 2.45) is 0 Å². The van der Waals surface area contributed by atoms with Gasteiger partial charge in [-0.2, -0.15) is 0 Å². The Balaban J connectivity index is 1.32. The Labute approximate surface area is 170 Å². The van der Waals surface area contributed by atoms with Crippen molar-refractivity contribution < 1.29 is 19.1 Å². The molecule has 0 aliphatic carbocycles. The zero-order valence-electron chi connectivity index (χ0n) is 16.7. The van der Waals surface area contributed by atoms with E-state index in [0.29, 0.717) is 71.3 Å². The summed E-state index contributed by atoms with van der Waals surface area (Å²) < 4.78 is 11.1. The van der Waals surface area contributed by atoms with Gasteiger partial charge in [0, 0.05) is 51.4 Å². The van der Waals surface area contributed by atoms with Crippen molar-refractivity contribution in [1.82, 2.24) is 19.6 Å². The number of carbonyl (C=O) groups is 2. The highest BCUT2D eigenvalue weighted by molar-refractivity contribution is 5.94. The van der Waals surface area contributed by atoms with Crippen LogP contribution in [0.15, 0.2) is 30.3 Å². The van der Waals surface area contributed by atoms with Gasteiger partial charge in [0.1, 0.15) is 0 Å². The molecular formula is C21H28N4O4. The predicted molar refractivity (Wildman–Crippen MR) is 106 cm³/mol. The van der Waals surface area contributed by atoms with Gasteiger partial charge in [-0.3, -0.25) is 9.69 Å². The largest absolute Gasteiger partial charge is 0.378 e. The van der Waals surface area contributed by atoms with E-state index in [0.717, 1.165) is 6.54 Å². The Hall–Kier alpha value is -2.16. The van der Waals surface area contributed by atoms with Crippen LogP contribution >= 0.6 is 0 Å². The number of hydrogen-bond donors (Lipinski definition) is 0. The second kappa shape index (κ2) is 7.59. The summed E-state index contributed by atoms with van der Waals surface area (Å²) in [5.74, 6) is 0.0631. The highest BCUT2D eigenvalue weighted by atomic mass is 16.5. The molecule has 1 aromatic carbocycles. The predicted octanol–water partition coefficient (Wildman–Crippen LogP) is 0.350. The van der Waals surface area contributed by atoms with Crippen LogP contribution in [0.3, 0.4) is 0 Å². The average Bonchev–Trinajstić information content (AvgIpc) is 2.77. The molecular weight excluding hydrogens is 372 g/mol. The van der Waals surface area contributed by atoms with Gasteiger partial charge in [-0.15, -0.1) is 0 Å². The summed E-state index contributed by atoms with van der Waals surface area (Å²) in [6.45, 7) is 7.39. The number of hydrogen-bond acceptors (Lipinski definition) is 5. The van der Waals surface area contributed by atoms with Crippen LogP contribution in [-0.2, 0) is 9.47 Å². The molecule has 1 atom stereocenters. The zero-order valence-corrected chi connectivity index (χ0v) is 16.7. The van der Waals surface area contributed by atoms with Crippen LogP contribution in [0.5, 0.6) is 0 Å². The van der Waals surface area contributed by atoms with Crippen molar-refractivity contribution in [2.75, 3.05) is 72.2 Å². The molecule has 0 saturated carbocycles. The van der Waals surface area contributed by atoms with E-state index in [2.05, 4.69) is 4.90 Å². The molecule has 8 heteroatoms. The molecule has 0 bridgehead atoms. The second-order valence-electron chi connectivity index (χ2n) is 8.44. The average molecular weight is 400 g/mol. The lowest BCUT2D eigenvalue weighted by atomic mass is 9.82. The Morgan fingerprint density at radius 1 is 0.862 bits per heavy atom. The molecule has 0 aromatic heterocycles. The lowest BCUT2D eigenvalue weighted by Gasteiger charge is -2.63. The molecule has 1 aromatic rings. The van der Waals surface area contributed by atoms with E-state index in [1.54, 1.807) is 0 Å². The summed E-state index contributed by atoms with van der Waals surface area (Å²) in [4.78, 5) is 34.3. The molecule has 8 nitrogen and oxygen atoms in total. The lowest BCUT2D eigenvalue weighted by molar-refractivity contribution is -0.150. The fourth-order valence-electron chi connectivity index (χ4n) is 5.15. The van der Waals surface area contributed by atoms with E-state index in [-0.39, 0.29) is 23.5 Å². The SMILES string of the molecule is O=C(c1ccccc1)N1CC2COCCN2C2(C1)CN(C(=O)N1CCOCC1)C2. The number of piperazine rings is 1. The van der Waals surface area contributed by atoms with E-state index in [1.165, 1.54) is 0 Å². The van der Waals surface area contributed by atoms with Crippen LogP contribution in [0, 0.1) is 0 Å². The molecule has 4 saturated heterocycles. The fourth-order valence-corrected chi connectivity index (χ4v) is 5.15. The molecule has 4 aliphatic rings. The molecule has 156 valence electrons. The molecule has 0 radical (unpaired) electrons. The molecule has 1 unspecified atom stereocenters. The minimum atomic E-state index is -0.168. The van der Waals surface area contributed by atoms with E-state index in [9.17, 15) is 9.59 Å². The molecule has 0 N–H and O–H groups in total. The van der Waals surface area contributed by atoms with E-state index >= 15 is 0 Å². The Morgan fingerprint density at radius 3 is 2.31 bits per heavy atom. The highest BCUT2D eigenvalue weighted by Crippen LogP contribution is 2.36. The summed E-state index contributed by atoms with van der Waals surface area (Å²) >= 11 is 0. The van der Waals surface area contributed by atoms with Gasteiger partial charge in [-0.25, -0.2) is 4.79 Å². The lowest BCUT2D eigenvalue weighted by Crippen LogP contribution is -2.82. The molecule has 5 rings (SSSR count). The first-order valence-corrected chi connectivity index (χ1v) is 10.5. The smallest absolute Gasteiger partial charge is 0.320 e. The van der Waals surface area contributed by atoms with E-state index < -0.39 is 0 Å². The number of carbonyl (C=O) groups excluding carboxylic acids is 2. The minimum Gasteiger partial charge on any atom is -0.378 e. The van der Waals surface area contributed by atoms with Gasteiger partial charge < -0.3 is 24.2 Å².